The molecule has 0 aromatic carbocycles. The van der Waals surface area contributed by atoms with Gasteiger partial charge in [-0.25, -0.2) is 4.98 Å². The Bertz CT molecular complexity index is 437. The van der Waals surface area contributed by atoms with Gasteiger partial charge in [0.1, 0.15) is 12.7 Å². The lowest BCUT2D eigenvalue weighted by atomic mass is 10.3. The van der Waals surface area contributed by atoms with Crippen molar-refractivity contribution in [3.8, 4) is 11.9 Å². The van der Waals surface area contributed by atoms with E-state index in [-0.39, 0.29) is 0 Å². The largest absolute Gasteiger partial charge is 0.475 e. The fourth-order valence-electron chi connectivity index (χ4n) is 1.64. The van der Waals surface area contributed by atoms with Crippen molar-refractivity contribution in [2.24, 2.45) is 0 Å². The van der Waals surface area contributed by atoms with Crippen LogP contribution in [0.1, 0.15) is 18.4 Å². The predicted molar refractivity (Wildman–Crippen MR) is 64.5 cm³/mol. The van der Waals surface area contributed by atoms with E-state index in [4.69, 9.17) is 15.7 Å². The molecule has 0 aliphatic heterocycles. The van der Waals surface area contributed by atoms with Gasteiger partial charge in [0, 0.05) is 18.8 Å². The van der Waals surface area contributed by atoms with E-state index >= 15 is 0 Å². The van der Waals surface area contributed by atoms with Crippen molar-refractivity contribution in [2.45, 2.75) is 18.9 Å². The van der Waals surface area contributed by atoms with E-state index in [0.717, 1.165) is 12.6 Å². The molecule has 0 unspecified atom stereocenters. The normalized spacial score (nSPS) is 14.6. The highest BCUT2D eigenvalue weighted by molar-refractivity contribution is 5.51. The third kappa shape index (κ3) is 3.08. The topological polar surface area (TPSA) is 75.2 Å². The van der Waals surface area contributed by atoms with Crippen molar-refractivity contribution in [1.82, 2.24) is 9.88 Å². The number of pyridine rings is 1. The van der Waals surface area contributed by atoms with Crippen molar-refractivity contribution in [1.29, 1.82) is 5.26 Å². The summed E-state index contributed by atoms with van der Waals surface area (Å²) in [5, 5.41) is 8.68. The van der Waals surface area contributed by atoms with Gasteiger partial charge in [-0.3, -0.25) is 0 Å². The number of aromatic nitrogens is 1. The minimum absolute atomic E-state index is 0.410. The van der Waals surface area contributed by atoms with Gasteiger partial charge in [0.15, 0.2) is 0 Å². The number of likely N-dealkylation sites (N-methyl/N-ethyl adjacent to an activating group) is 1. The zero-order valence-electron chi connectivity index (χ0n) is 9.89. The molecule has 0 radical (unpaired) electrons. The van der Waals surface area contributed by atoms with E-state index in [0.29, 0.717) is 23.7 Å². The molecule has 1 aromatic rings. The van der Waals surface area contributed by atoms with Crippen molar-refractivity contribution >= 4 is 5.69 Å². The minimum Gasteiger partial charge on any atom is -0.475 e. The average molecular weight is 232 g/mol. The summed E-state index contributed by atoms with van der Waals surface area (Å²) in [5.74, 6) is 0.410. The molecule has 1 saturated carbocycles. The summed E-state index contributed by atoms with van der Waals surface area (Å²) in [4.78, 5) is 6.30. The summed E-state index contributed by atoms with van der Waals surface area (Å²) in [6, 6.07) is 4.29. The van der Waals surface area contributed by atoms with Crippen molar-refractivity contribution in [3.63, 3.8) is 0 Å². The van der Waals surface area contributed by atoms with Gasteiger partial charge in [-0.05, 0) is 26.0 Å². The first-order valence-corrected chi connectivity index (χ1v) is 5.69. The van der Waals surface area contributed by atoms with Gasteiger partial charge in [0.05, 0.1) is 11.3 Å². The predicted octanol–water partition coefficient (Wildman–Crippen LogP) is 1.01. The number of ether oxygens (including phenoxy) is 1. The number of anilines is 1. The van der Waals surface area contributed by atoms with Gasteiger partial charge < -0.3 is 15.4 Å². The van der Waals surface area contributed by atoms with Crippen LogP contribution in [0.25, 0.3) is 0 Å². The lowest BCUT2D eigenvalue weighted by Crippen LogP contribution is -2.26. The van der Waals surface area contributed by atoms with Crippen LogP contribution in [0.3, 0.4) is 0 Å². The van der Waals surface area contributed by atoms with Crippen molar-refractivity contribution < 1.29 is 4.74 Å². The smallest absolute Gasteiger partial charge is 0.237 e. The SMILES string of the molecule is CN(CCOc1ncc(C#N)cc1N)C1CC1. The van der Waals surface area contributed by atoms with Gasteiger partial charge in [-0.1, -0.05) is 0 Å². The summed E-state index contributed by atoms with van der Waals surface area (Å²) in [6.45, 7) is 1.43. The fourth-order valence-corrected chi connectivity index (χ4v) is 1.64. The first kappa shape index (κ1) is 11.7. The lowest BCUT2D eigenvalue weighted by molar-refractivity contribution is 0.227. The summed E-state index contributed by atoms with van der Waals surface area (Å²) in [7, 11) is 2.09. The van der Waals surface area contributed by atoms with E-state index in [1.54, 1.807) is 6.07 Å². The second-order valence-corrected chi connectivity index (χ2v) is 4.29. The Labute approximate surface area is 101 Å². The Morgan fingerprint density at radius 3 is 3.00 bits per heavy atom. The van der Waals surface area contributed by atoms with Crippen LogP contribution < -0.4 is 10.5 Å². The van der Waals surface area contributed by atoms with E-state index in [2.05, 4.69) is 16.9 Å². The molecule has 0 atom stereocenters. The Kier molecular flexibility index (Phi) is 3.45. The number of nitrogens with two attached hydrogens (primary N) is 1. The molecule has 1 aliphatic carbocycles. The van der Waals surface area contributed by atoms with E-state index in [1.807, 2.05) is 6.07 Å². The molecule has 1 fully saturated rings. The Balaban J connectivity index is 1.84. The van der Waals surface area contributed by atoms with Crippen LogP contribution in [-0.4, -0.2) is 36.1 Å². The number of nitrogen functional groups attached to an aromatic ring is 1. The van der Waals surface area contributed by atoms with Gasteiger partial charge >= 0.3 is 0 Å². The second kappa shape index (κ2) is 5.02. The molecule has 5 nitrogen and oxygen atoms in total. The Hall–Kier alpha value is -1.80. The lowest BCUT2D eigenvalue weighted by Gasteiger charge is -2.15. The molecule has 90 valence electrons. The summed E-state index contributed by atoms with van der Waals surface area (Å²) in [6.07, 6.45) is 4.04. The van der Waals surface area contributed by atoms with Crippen molar-refractivity contribution in [3.05, 3.63) is 17.8 Å². The van der Waals surface area contributed by atoms with Crippen LogP contribution in [0.15, 0.2) is 12.3 Å². The number of hydrogen-bond donors (Lipinski definition) is 1. The van der Waals surface area contributed by atoms with Crippen LogP contribution in [-0.2, 0) is 0 Å². The first-order valence-electron chi connectivity index (χ1n) is 5.69. The van der Waals surface area contributed by atoms with Gasteiger partial charge in [-0.2, -0.15) is 5.26 Å². The molecular formula is C12H16N4O. The molecule has 1 aliphatic rings. The highest BCUT2D eigenvalue weighted by atomic mass is 16.5. The maximum atomic E-state index is 8.68. The summed E-state index contributed by atoms with van der Waals surface area (Å²) >= 11 is 0. The van der Waals surface area contributed by atoms with E-state index in [1.165, 1.54) is 19.0 Å². The monoisotopic (exact) mass is 232 g/mol. The third-order valence-corrected chi connectivity index (χ3v) is 2.86. The molecule has 17 heavy (non-hydrogen) atoms. The standard InChI is InChI=1S/C12H16N4O/c1-16(10-2-3-10)4-5-17-12-11(14)6-9(7-13)8-15-12/h6,8,10H,2-5,14H2,1H3. The van der Waals surface area contributed by atoms with Gasteiger partial charge in [0.25, 0.3) is 0 Å². The highest BCUT2D eigenvalue weighted by Gasteiger charge is 2.25. The molecule has 0 saturated heterocycles. The number of nitriles is 1. The highest BCUT2D eigenvalue weighted by Crippen LogP contribution is 2.25. The molecule has 1 heterocycles. The third-order valence-electron chi connectivity index (χ3n) is 2.86. The average Bonchev–Trinajstić information content (AvgIpc) is 3.15. The van der Waals surface area contributed by atoms with Gasteiger partial charge in [-0.15, -0.1) is 0 Å². The van der Waals surface area contributed by atoms with Crippen LogP contribution in [0, 0.1) is 11.3 Å². The molecule has 2 rings (SSSR count). The second-order valence-electron chi connectivity index (χ2n) is 4.29. The zero-order valence-corrected chi connectivity index (χ0v) is 9.89. The summed E-state index contributed by atoms with van der Waals surface area (Å²) < 4.78 is 5.50. The van der Waals surface area contributed by atoms with Crippen molar-refractivity contribution in [2.75, 3.05) is 25.9 Å². The molecule has 1 aromatic heterocycles. The zero-order chi connectivity index (χ0) is 12.3. The fraction of sp³-hybridized carbons (Fsp3) is 0.500. The minimum atomic E-state index is 0.410. The molecule has 0 bridgehead atoms. The first-order chi connectivity index (χ1) is 8.20. The molecule has 2 N–H and O–H groups in total. The quantitative estimate of drug-likeness (QED) is 0.820. The number of hydrogen-bond acceptors (Lipinski definition) is 5. The Morgan fingerprint density at radius 2 is 2.41 bits per heavy atom. The number of rotatable bonds is 5. The van der Waals surface area contributed by atoms with E-state index in [9.17, 15) is 0 Å². The van der Waals surface area contributed by atoms with E-state index < -0.39 is 0 Å². The maximum absolute atomic E-state index is 8.68. The van der Waals surface area contributed by atoms with Crippen LogP contribution in [0.4, 0.5) is 5.69 Å². The van der Waals surface area contributed by atoms with Crippen LogP contribution in [0.2, 0.25) is 0 Å². The molecule has 0 amide bonds. The number of nitrogens with zero attached hydrogens (tertiary/aromatic N) is 3. The molecule has 0 spiro atoms. The van der Waals surface area contributed by atoms with Crippen LogP contribution in [0.5, 0.6) is 5.88 Å². The molecular weight excluding hydrogens is 216 g/mol. The maximum Gasteiger partial charge on any atom is 0.237 e. The van der Waals surface area contributed by atoms with Gasteiger partial charge in [0.2, 0.25) is 5.88 Å². The molecule has 5 heteroatoms. The van der Waals surface area contributed by atoms with Crippen LogP contribution >= 0.6 is 0 Å². The summed E-state index contributed by atoms with van der Waals surface area (Å²) in [5.41, 5.74) is 6.60. The Morgan fingerprint density at radius 1 is 1.65 bits per heavy atom.